The van der Waals surface area contributed by atoms with E-state index in [0.717, 1.165) is 15.7 Å². The number of carbonyl (C=O) groups excluding carboxylic acids is 1. The van der Waals surface area contributed by atoms with Crippen LogP contribution in [0, 0.1) is 0 Å². The number of hydrogen-bond acceptors (Lipinski definition) is 5. The lowest BCUT2D eigenvalue weighted by molar-refractivity contribution is 0.0955. The maximum Gasteiger partial charge on any atom is 0.271 e. The molecule has 1 aromatic heterocycles. The number of rotatable bonds is 4. The molecule has 0 spiro atoms. The average Bonchev–Trinajstić information content (AvgIpc) is 3.11. The summed E-state index contributed by atoms with van der Waals surface area (Å²) in [6.07, 6.45) is 3.07. The van der Waals surface area contributed by atoms with E-state index >= 15 is 0 Å². The Bertz CT molecular complexity index is 812. The minimum atomic E-state index is -0.290. The summed E-state index contributed by atoms with van der Waals surface area (Å²) in [6, 6.07) is 14.5. The van der Waals surface area contributed by atoms with E-state index in [2.05, 4.69) is 42.0 Å². The zero-order chi connectivity index (χ0) is 16.1. The van der Waals surface area contributed by atoms with Gasteiger partial charge in [-0.15, -0.1) is 5.10 Å². The van der Waals surface area contributed by atoms with Gasteiger partial charge in [0, 0.05) is 10.0 Å². The van der Waals surface area contributed by atoms with Crippen molar-refractivity contribution in [3.8, 4) is 5.69 Å². The van der Waals surface area contributed by atoms with Crippen LogP contribution in [0.1, 0.15) is 15.9 Å². The van der Waals surface area contributed by atoms with Crippen molar-refractivity contribution in [1.29, 1.82) is 0 Å². The summed E-state index contributed by atoms with van der Waals surface area (Å²) in [5, 5.41) is 14.8. The molecule has 0 unspecified atom stereocenters. The van der Waals surface area contributed by atoms with Crippen molar-refractivity contribution >= 4 is 28.1 Å². The molecule has 0 radical (unpaired) electrons. The van der Waals surface area contributed by atoms with Crippen LogP contribution in [0.2, 0.25) is 0 Å². The van der Waals surface area contributed by atoms with Crippen LogP contribution >= 0.6 is 15.9 Å². The van der Waals surface area contributed by atoms with Crippen molar-refractivity contribution in [2.24, 2.45) is 5.10 Å². The molecular formula is C15H11BrN6O. The van der Waals surface area contributed by atoms with E-state index in [1.807, 2.05) is 24.3 Å². The second kappa shape index (κ2) is 6.93. The normalized spacial score (nSPS) is 10.8. The Balaban J connectivity index is 1.63. The second-order valence-corrected chi connectivity index (χ2v) is 5.47. The van der Waals surface area contributed by atoms with Crippen molar-refractivity contribution in [2.45, 2.75) is 0 Å². The Hall–Kier alpha value is -2.87. The van der Waals surface area contributed by atoms with Gasteiger partial charge >= 0.3 is 0 Å². The number of benzene rings is 2. The molecule has 0 saturated carbocycles. The molecule has 0 saturated heterocycles. The number of amides is 1. The Morgan fingerprint density at radius 3 is 2.52 bits per heavy atom. The third-order valence-electron chi connectivity index (χ3n) is 2.99. The number of aromatic nitrogens is 4. The lowest BCUT2D eigenvalue weighted by Gasteiger charge is -2.02. The summed E-state index contributed by atoms with van der Waals surface area (Å²) >= 11 is 3.36. The summed E-state index contributed by atoms with van der Waals surface area (Å²) in [6.45, 7) is 0. The molecule has 0 atom stereocenters. The fourth-order valence-electron chi connectivity index (χ4n) is 1.82. The van der Waals surface area contributed by atoms with Crippen LogP contribution in [-0.2, 0) is 0 Å². The van der Waals surface area contributed by atoms with Gasteiger partial charge in [0.05, 0.1) is 11.9 Å². The maximum atomic E-state index is 12.0. The predicted octanol–water partition coefficient (Wildman–Crippen LogP) is 2.19. The van der Waals surface area contributed by atoms with E-state index in [9.17, 15) is 4.79 Å². The Labute approximate surface area is 140 Å². The van der Waals surface area contributed by atoms with Gasteiger partial charge < -0.3 is 0 Å². The number of halogens is 1. The molecule has 114 valence electrons. The molecule has 1 heterocycles. The van der Waals surface area contributed by atoms with E-state index in [1.165, 1.54) is 11.0 Å². The smallest absolute Gasteiger partial charge is 0.267 e. The minimum absolute atomic E-state index is 0.290. The van der Waals surface area contributed by atoms with Gasteiger partial charge in [-0.25, -0.2) is 10.1 Å². The van der Waals surface area contributed by atoms with Gasteiger partial charge in [-0.3, -0.25) is 4.79 Å². The van der Waals surface area contributed by atoms with E-state index in [-0.39, 0.29) is 5.91 Å². The molecular weight excluding hydrogens is 360 g/mol. The first kappa shape index (κ1) is 15.0. The van der Waals surface area contributed by atoms with Gasteiger partial charge in [-0.05, 0) is 52.4 Å². The van der Waals surface area contributed by atoms with Gasteiger partial charge in [0.1, 0.15) is 6.33 Å². The number of nitrogens with one attached hydrogen (secondary N) is 1. The van der Waals surface area contributed by atoms with Crippen molar-refractivity contribution in [1.82, 2.24) is 25.6 Å². The molecule has 0 aliphatic rings. The topological polar surface area (TPSA) is 85.1 Å². The third-order valence-corrected chi connectivity index (χ3v) is 3.52. The van der Waals surface area contributed by atoms with Gasteiger partial charge in [-0.2, -0.15) is 5.10 Å². The Kier molecular flexibility index (Phi) is 4.53. The number of tetrazole rings is 1. The lowest BCUT2D eigenvalue weighted by Crippen LogP contribution is -2.17. The molecule has 1 amide bonds. The molecule has 0 bridgehead atoms. The molecule has 0 aliphatic heterocycles. The first-order chi connectivity index (χ1) is 11.2. The molecule has 2 aromatic carbocycles. The highest BCUT2D eigenvalue weighted by molar-refractivity contribution is 9.10. The van der Waals surface area contributed by atoms with Crippen LogP contribution in [0.3, 0.4) is 0 Å². The summed E-state index contributed by atoms with van der Waals surface area (Å²) in [5.41, 5.74) is 4.64. The molecule has 3 aromatic rings. The lowest BCUT2D eigenvalue weighted by atomic mass is 10.2. The van der Waals surface area contributed by atoms with Crippen molar-refractivity contribution in [3.05, 3.63) is 70.5 Å². The zero-order valence-electron chi connectivity index (χ0n) is 11.8. The maximum absolute atomic E-state index is 12.0. The second-order valence-electron chi connectivity index (χ2n) is 4.55. The monoisotopic (exact) mass is 370 g/mol. The Morgan fingerprint density at radius 1 is 1.13 bits per heavy atom. The predicted molar refractivity (Wildman–Crippen MR) is 88.4 cm³/mol. The molecule has 1 N–H and O–H groups in total. The third kappa shape index (κ3) is 3.86. The van der Waals surface area contributed by atoms with Gasteiger partial charge in [-0.1, -0.05) is 28.1 Å². The summed E-state index contributed by atoms with van der Waals surface area (Å²) in [5.74, 6) is -0.290. The first-order valence-electron chi connectivity index (χ1n) is 6.65. The standard InChI is InChI=1S/C15H11BrN6O/c16-13-5-1-11(2-6-13)9-17-19-15(23)12-3-7-14(8-4-12)22-10-18-20-21-22/h1-10H,(H,19,23)/b17-9+. The number of carbonyl (C=O) groups is 1. The molecule has 0 aliphatic carbocycles. The SMILES string of the molecule is O=C(N/N=C/c1ccc(Br)cc1)c1ccc(-n2cnnn2)cc1. The van der Waals surface area contributed by atoms with Crippen LogP contribution in [-0.4, -0.2) is 32.3 Å². The van der Waals surface area contributed by atoms with E-state index in [4.69, 9.17) is 0 Å². The van der Waals surface area contributed by atoms with E-state index < -0.39 is 0 Å². The highest BCUT2D eigenvalue weighted by Gasteiger charge is 2.05. The van der Waals surface area contributed by atoms with Gasteiger partial charge in [0.2, 0.25) is 0 Å². The minimum Gasteiger partial charge on any atom is -0.267 e. The van der Waals surface area contributed by atoms with Crippen molar-refractivity contribution in [2.75, 3.05) is 0 Å². The Morgan fingerprint density at radius 2 is 1.87 bits per heavy atom. The number of hydrogen-bond donors (Lipinski definition) is 1. The van der Waals surface area contributed by atoms with Crippen LogP contribution in [0.25, 0.3) is 5.69 Å². The molecule has 8 heteroatoms. The van der Waals surface area contributed by atoms with Crippen LogP contribution in [0.5, 0.6) is 0 Å². The number of nitrogens with zero attached hydrogens (tertiary/aromatic N) is 5. The molecule has 23 heavy (non-hydrogen) atoms. The number of hydrazone groups is 1. The van der Waals surface area contributed by atoms with Gasteiger partial charge in [0.15, 0.2) is 0 Å². The van der Waals surface area contributed by atoms with E-state index in [0.29, 0.717) is 5.56 Å². The van der Waals surface area contributed by atoms with Crippen LogP contribution < -0.4 is 5.43 Å². The summed E-state index contributed by atoms with van der Waals surface area (Å²) in [4.78, 5) is 12.0. The average molecular weight is 371 g/mol. The van der Waals surface area contributed by atoms with Crippen molar-refractivity contribution < 1.29 is 4.79 Å². The van der Waals surface area contributed by atoms with E-state index in [1.54, 1.807) is 30.5 Å². The van der Waals surface area contributed by atoms with Crippen LogP contribution in [0.4, 0.5) is 0 Å². The summed E-state index contributed by atoms with van der Waals surface area (Å²) in [7, 11) is 0. The van der Waals surface area contributed by atoms with Gasteiger partial charge in [0.25, 0.3) is 5.91 Å². The zero-order valence-corrected chi connectivity index (χ0v) is 13.4. The molecule has 3 rings (SSSR count). The highest BCUT2D eigenvalue weighted by atomic mass is 79.9. The fourth-order valence-corrected chi connectivity index (χ4v) is 2.09. The summed E-state index contributed by atoms with van der Waals surface area (Å²) < 4.78 is 2.49. The molecule has 7 nitrogen and oxygen atoms in total. The fraction of sp³-hybridized carbons (Fsp3) is 0. The quantitative estimate of drug-likeness (QED) is 0.563. The van der Waals surface area contributed by atoms with Crippen LogP contribution in [0.15, 0.2) is 64.4 Å². The first-order valence-corrected chi connectivity index (χ1v) is 7.44. The van der Waals surface area contributed by atoms with Crippen molar-refractivity contribution in [3.63, 3.8) is 0 Å². The highest BCUT2D eigenvalue weighted by Crippen LogP contribution is 2.09. The largest absolute Gasteiger partial charge is 0.271 e. The molecule has 0 fully saturated rings.